The van der Waals surface area contributed by atoms with Crippen molar-refractivity contribution in [3.63, 3.8) is 0 Å². The second-order valence-corrected chi connectivity index (χ2v) is 6.23. The van der Waals surface area contributed by atoms with Crippen molar-refractivity contribution in [3.05, 3.63) is 59.1 Å². The third kappa shape index (κ3) is 2.88. The van der Waals surface area contributed by atoms with Gasteiger partial charge in [-0.05, 0) is 30.3 Å². The summed E-state index contributed by atoms with van der Waals surface area (Å²) in [7, 11) is 1.86. The van der Waals surface area contributed by atoms with Gasteiger partial charge in [0.2, 0.25) is 0 Å². The zero-order valence-electron chi connectivity index (χ0n) is 12.8. The van der Waals surface area contributed by atoms with Crippen molar-refractivity contribution in [1.82, 2.24) is 29.8 Å². The summed E-state index contributed by atoms with van der Waals surface area (Å²) in [4.78, 5) is 3.98. The molecule has 24 heavy (non-hydrogen) atoms. The van der Waals surface area contributed by atoms with E-state index in [1.165, 1.54) is 6.33 Å². The largest absolute Gasteiger partial charge is 0.457 e. The number of nitrogens with zero attached hydrogens (tertiary/aromatic N) is 6. The van der Waals surface area contributed by atoms with Gasteiger partial charge in [-0.2, -0.15) is 5.10 Å². The number of halogens is 1. The van der Waals surface area contributed by atoms with Crippen molar-refractivity contribution in [1.29, 1.82) is 0 Å². The van der Waals surface area contributed by atoms with Crippen LogP contribution in [0.15, 0.2) is 53.5 Å². The molecule has 120 valence electrons. The van der Waals surface area contributed by atoms with Crippen LogP contribution in [-0.2, 0) is 13.6 Å². The van der Waals surface area contributed by atoms with Gasteiger partial charge in [0.15, 0.2) is 0 Å². The van der Waals surface area contributed by atoms with E-state index in [9.17, 15) is 0 Å². The first-order valence-corrected chi connectivity index (χ1v) is 8.06. The Bertz CT molecular complexity index is 995. The molecule has 0 unspecified atom stereocenters. The Morgan fingerprint density at radius 2 is 2.08 bits per heavy atom. The molecule has 0 fully saturated rings. The van der Waals surface area contributed by atoms with E-state index in [0.717, 1.165) is 32.6 Å². The third-order valence-corrected chi connectivity index (χ3v) is 4.12. The average Bonchev–Trinajstić information content (AvgIpc) is 3.21. The Hall–Kier alpha value is -2.74. The van der Waals surface area contributed by atoms with Gasteiger partial charge in [0.1, 0.15) is 29.7 Å². The van der Waals surface area contributed by atoms with Crippen molar-refractivity contribution < 1.29 is 4.74 Å². The predicted molar refractivity (Wildman–Crippen MR) is 91.8 cm³/mol. The van der Waals surface area contributed by atoms with E-state index in [1.54, 1.807) is 15.7 Å². The Kier molecular flexibility index (Phi) is 3.73. The summed E-state index contributed by atoms with van der Waals surface area (Å²) in [6, 6.07) is 11.6. The Labute approximate surface area is 146 Å². The highest BCUT2D eigenvalue weighted by Crippen LogP contribution is 2.30. The van der Waals surface area contributed by atoms with Crippen LogP contribution < -0.4 is 4.74 Å². The van der Waals surface area contributed by atoms with Crippen LogP contribution in [0.3, 0.4) is 0 Å². The van der Waals surface area contributed by atoms with Crippen LogP contribution in [0.1, 0.15) is 5.56 Å². The Balaban J connectivity index is 1.68. The number of fused-ring (bicyclic) bond motifs is 1. The molecule has 7 nitrogen and oxygen atoms in total. The monoisotopic (exact) mass is 384 g/mol. The van der Waals surface area contributed by atoms with Gasteiger partial charge in [0.25, 0.3) is 0 Å². The molecule has 0 spiro atoms. The van der Waals surface area contributed by atoms with E-state index < -0.39 is 0 Å². The molecule has 0 radical (unpaired) electrons. The molecule has 4 rings (SSSR count). The third-order valence-electron chi connectivity index (χ3n) is 3.63. The van der Waals surface area contributed by atoms with Crippen LogP contribution >= 0.6 is 15.9 Å². The van der Waals surface area contributed by atoms with Gasteiger partial charge in [-0.15, -0.1) is 5.10 Å². The summed E-state index contributed by atoms with van der Waals surface area (Å²) in [5.41, 5.74) is 2.75. The zero-order valence-corrected chi connectivity index (χ0v) is 14.4. The quantitative estimate of drug-likeness (QED) is 0.540. The molecule has 2 aromatic carbocycles. The fraction of sp³-hybridized carbons (Fsp3) is 0.125. The molecule has 0 saturated heterocycles. The number of hydrogen-bond donors (Lipinski definition) is 0. The molecular formula is C16H13BrN6O. The first-order chi connectivity index (χ1) is 11.7. The topological polar surface area (TPSA) is 70.7 Å². The lowest BCUT2D eigenvalue weighted by atomic mass is 10.2. The molecule has 0 amide bonds. The lowest BCUT2D eigenvalue weighted by Gasteiger charge is -2.12. The molecule has 0 bridgehead atoms. The van der Waals surface area contributed by atoms with E-state index >= 15 is 0 Å². The number of benzene rings is 2. The number of aromatic nitrogens is 6. The maximum atomic E-state index is 6.09. The number of ether oxygens (including phenoxy) is 1. The van der Waals surface area contributed by atoms with Gasteiger partial charge in [0, 0.05) is 23.2 Å². The van der Waals surface area contributed by atoms with Gasteiger partial charge in [-0.1, -0.05) is 21.1 Å². The molecule has 0 atom stereocenters. The molecular weight excluding hydrogens is 372 g/mol. The fourth-order valence-electron chi connectivity index (χ4n) is 2.46. The number of hydrogen-bond acceptors (Lipinski definition) is 5. The summed E-state index contributed by atoms with van der Waals surface area (Å²) in [6.45, 7) is 0.574. The first kappa shape index (κ1) is 14.8. The van der Waals surface area contributed by atoms with Gasteiger partial charge in [-0.25, -0.2) is 14.3 Å². The standard InChI is InChI=1S/C16H13BrN6O/c1-22-15-7-13(3-4-14(15)20-21-22)24-16-5-2-12(17)6-11(16)8-23-10-18-9-19-23/h2-7,9-10H,8H2,1H3. The summed E-state index contributed by atoms with van der Waals surface area (Å²) in [6.07, 6.45) is 3.19. The van der Waals surface area contributed by atoms with Gasteiger partial charge in [0.05, 0.1) is 12.1 Å². The summed E-state index contributed by atoms with van der Waals surface area (Å²) in [5, 5.41) is 12.2. The van der Waals surface area contributed by atoms with Crippen LogP contribution in [-0.4, -0.2) is 29.8 Å². The van der Waals surface area contributed by atoms with E-state index in [4.69, 9.17) is 4.74 Å². The highest BCUT2D eigenvalue weighted by Gasteiger charge is 2.09. The lowest BCUT2D eigenvalue weighted by molar-refractivity contribution is 0.472. The molecule has 0 N–H and O–H groups in total. The van der Waals surface area contributed by atoms with E-state index in [1.807, 2.05) is 43.4 Å². The van der Waals surface area contributed by atoms with E-state index in [0.29, 0.717) is 6.54 Å². The van der Waals surface area contributed by atoms with Crippen LogP contribution in [0.2, 0.25) is 0 Å². The first-order valence-electron chi connectivity index (χ1n) is 7.27. The molecule has 0 aliphatic rings. The molecule has 0 aliphatic heterocycles. The molecule has 8 heteroatoms. The smallest absolute Gasteiger partial charge is 0.137 e. The minimum Gasteiger partial charge on any atom is -0.457 e. The van der Waals surface area contributed by atoms with Crippen molar-refractivity contribution in [2.75, 3.05) is 0 Å². The second kappa shape index (κ2) is 6.04. The number of aryl methyl sites for hydroxylation is 1. The molecule has 2 aromatic heterocycles. The zero-order chi connectivity index (χ0) is 16.5. The van der Waals surface area contributed by atoms with Crippen LogP contribution in [0, 0.1) is 0 Å². The highest BCUT2D eigenvalue weighted by atomic mass is 79.9. The molecule has 2 heterocycles. The SMILES string of the molecule is Cn1nnc2ccc(Oc3ccc(Br)cc3Cn3cncn3)cc21. The normalized spacial score (nSPS) is 11.1. The van der Waals surface area contributed by atoms with Crippen LogP contribution in [0.5, 0.6) is 11.5 Å². The Morgan fingerprint density at radius 3 is 2.92 bits per heavy atom. The molecule has 4 aromatic rings. The van der Waals surface area contributed by atoms with Crippen molar-refractivity contribution >= 4 is 27.0 Å². The van der Waals surface area contributed by atoms with Gasteiger partial charge < -0.3 is 4.74 Å². The minimum atomic E-state index is 0.574. The van der Waals surface area contributed by atoms with Crippen molar-refractivity contribution in [3.8, 4) is 11.5 Å². The minimum absolute atomic E-state index is 0.574. The van der Waals surface area contributed by atoms with Gasteiger partial charge in [-0.3, -0.25) is 0 Å². The lowest BCUT2D eigenvalue weighted by Crippen LogP contribution is -2.02. The van der Waals surface area contributed by atoms with Crippen LogP contribution in [0.25, 0.3) is 11.0 Å². The second-order valence-electron chi connectivity index (χ2n) is 5.31. The summed E-state index contributed by atoms with van der Waals surface area (Å²) < 4.78 is 10.6. The maximum Gasteiger partial charge on any atom is 0.137 e. The van der Waals surface area contributed by atoms with E-state index in [2.05, 4.69) is 36.3 Å². The average molecular weight is 385 g/mol. The maximum absolute atomic E-state index is 6.09. The van der Waals surface area contributed by atoms with Crippen LogP contribution in [0.4, 0.5) is 0 Å². The number of rotatable bonds is 4. The van der Waals surface area contributed by atoms with Crippen molar-refractivity contribution in [2.24, 2.45) is 7.05 Å². The van der Waals surface area contributed by atoms with E-state index in [-0.39, 0.29) is 0 Å². The van der Waals surface area contributed by atoms with Gasteiger partial charge >= 0.3 is 0 Å². The van der Waals surface area contributed by atoms with Crippen molar-refractivity contribution in [2.45, 2.75) is 6.54 Å². The summed E-state index contributed by atoms with van der Waals surface area (Å²) >= 11 is 3.50. The Morgan fingerprint density at radius 1 is 1.17 bits per heavy atom. The molecule has 0 saturated carbocycles. The summed E-state index contributed by atoms with van der Waals surface area (Å²) in [5.74, 6) is 1.50. The molecule has 0 aliphatic carbocycles. The predicted octanol–water partition coefficient (Wildman–Crippen LogP) is 3.16. The fourth-order valence-corrected chi connectivity index (χ4v) is 2.87. The highest BCUT2D eigenvalue weighted by molar-refractivity contribution is 9.10.